The number of H-pyrrole nitrogens is 1. The number of hydrogen-bond acceptors (Lipinski definition) is 5. The average Bonchev–Trinajstić information content (AvgIpc) is 3.19. The van der Waals surface area contributed by atoms with Gasteiger partial charge in [-0.2, -0.15) is 0 Å². The van der Waals surface area contributed by atoms with Crippen molar-refractivity contribution >= 4 is 22.7 Å². The lowest BCUT2D eigenvalue weighted by atomic mass is 10.1. The molecule has 5 aromatic rings. The predicted molar refractivity (Wildman–Crippen MR) is 120 cm³/mol. The fourth-order valence-corrected chi connectivity index (χ4v) is 3.32. The molecule has 0 aliphatic carbocycles. The van der Waals surface area contributed by atoms with Crippen molar-refractivity contribution < 1.29 is 10.6 Å². The van der Waals surface area contributed by atoms with Crippen molar-refractivity contribution in [3.8, 4) is 22.8 Å². The second kappa shape index (κ2) is 7.87. The van der Waals surface area contributed by atoms with Gasteiger partial charge in [-0.15, -0.1) is 0 Å². The Bertz CT molecular complexity index is 1370. The number of aryl methyl sites for hydroxylation is 1. The minimum absolute atomic E-state index is 0. The minimum Gasteiger partial charge on any atom is -0.438 e. The molecule has 7 heteroatoms. The Labute approximate surface area is 179 Å². The summed E-state index contributed by atoms with van der Waals surface area (Å²) in [5.41, 5.74) is 4.53. The van der Waals surface area contributed by atoms with Crippen molar-refractivity contribution in [2.45, 2.75) is 6.92 Å². The standard InChI is InChI=1S/C24H18FN5O.H2/c1-15-14-16(11-13-26-15)19-4-3-12-27-23(19)31-18-9-7-17(8-10-18)28-24-29-21-6-2-5-20(25)22(21)30-24;/h2-14H,1H3,(H2,28,29,30);1H. The number of nitrogens with one attached hydrogen (secondary N) is 2. The van der Waals surface area contributed by atoms with Crippen LogP contribution in [0.3, 0.4) is 0 Å². The maximum absolute atomic E-state index is 13.8. The molecule has 6 nitrogen and oxygen atoms in total. The lowest BCUT2D eigenvalue weighted by Gasteiger charge is -2.11. The molecule has 0 radical (unpaired) electrons. The van der Waals surface area contributed by atoms with E-state index in [9.17, 15) is 4.39 Å². The molecule has 0 bridgehead atoms. The number of aromatic amines is 1. The van der Waals surface area contributed by atoms with E-state index in [-0.39, 0.29) is 7.24 Å². The third-order valence-electron chi connectivity index (χ3n) is 4.77. The molecule has 0 atom stereocenters. The van der Waals surface area contributed by atoms with E-state index in [1.165, 1.54) is 6.07 Å². The van der Waals surface area contributed by atoms with Crippen LogP contribution in [0.2, 0.25) is 0 Å². The number of pyridine rings is 2. The van der Waals surface area contributed by atoms with Crippen molar-refractivity contribution in [1.29, 1.82) is 0 Å². The van der Waals surface area contributed by atoms with Crippen LogP contribution < -0.4 is 10.1 Å². The molecule has 3 aromatic heterocycles. The van der Waals surface area contributed by atoms with E-state index < -0.39 is 0 Å². The molecule has 3 heterocycles. The van der Waals surface area contributed by atoms with Crippen LogP contribution in [0.15, 0.2) is 79.1 Å². The van der Waals surface area contributed by atoms with Crippen LogP contribution in [-0.2, 0) is 0 Å². The zero-order valence-electron chi connectivity index (χ0n) is 16.6. The number of aromatic nitrogens is 4. The van der Waals surface area contributed by atoms with Crippen molar-refractivity contribution in [3.05, 3.63) is 90.6 Å². The van der Waals surface area contributed by atoms with Crippen LogP contribution >= 0.6 is 0 Å². The summed E-state index contributed by atoms with van der Waals surface area (Å²) >= 11 is 0. The molecule has 0 spiro atoms. The predicted octanol–water partition coefficient (Wildman–Crippen LogP) is 6.25. The Kier molecular flexibility index (Phi) is 4.76. The minimum atomic E-state index is -0.360. The second-order valence-electron chi connectivity index (χ2n) is 7.01. The third-order valence-corrected chi connectivity index (χ3v) is 4.77. The Morgan fingerprint density at radius 2 is 1.84 bits per heavy atom. The maximum atomic E-state index is 13.8. The smallest absolute Gasteiger partial charge is 0.227 e. The fourth-order valence-electron chi connectivity index (χ4n) is 3.32. The molecule has 0 saturated heterocycles. The molecule has 2 N–H and O–H groups in total. The van der Waals surface area contributed by atoms with Gasteiger partial charge >= 0.3 is 0 Å². The molecule has 0 aliphatic heterocycles. The molecule has 0 aliphatic rings. The van der Waals surface area contributed by atoms with Crippen LogP contribution in [0, 0.1) is 12.7 Å². The zero-order valence-corrected chi connectivity index (χ0v) is 16.6. The first-order valence-electron chi connectivity index (χ1n) is 9.73. The molecular formula is C24H20FN5O. The molecule has 0 fully saturated rings. The number of fused-ring (bicyclic) bond motifs is 1. The third kappa shape index (κ3) is 3.93. The first-order valence-corrected chi connectivity index (χ1v) is 9.73. The highest BCUT2D eigenvalue weighted by Crippen LogP contribution is 2.32. The number of imidazole rings is 1. The highest BCUT2D eigenvalue weighted by Gasteiger charge is 2.10. The normalized spacial score (nSPS) is 10.9. The Morgan fingerprint density at radius 3 is 2.65 bits per heavy atom. The molecular weight excluding hydrogens is 393 g/mol. The maximum Gasteiger partial charge on any atom is 0.227 e. The summed E-state index contributed by atoms with van der Waals surface area (Å²) in [6.45, 7) is 1.95. The van der Waals surface area contributed by atoms with E-state index in [4.69, 9.17) is 4.74 Å². The summed E-state index contributed by atoms with van der Waals surface area (Å²) < 4.78 is 19.9. The van der Waals surface area contributed by atoms with Crippen molar-refractivity contribution in [3.63, 3.8) is 0 Å². The average molecular weight is 413 g/mol. The molecule has 0 unspecified atom stereocenters. The Balaban J connectivity index is 0.00000245. The van der Waals surface area contributed by atoms with Crippen molar-refractivity contribution in [1.82, 2.24) is 19.9 Å². The lowest BCUT2D eigenvalue weighted by molar-refractivity contribution is 0.465. The highest BCUT2D eigenvalue weighted by molar-refractivity contribution is 5.79. The monoisotopic (exact) mass is 413 g/mol. The van der Waals surface area contributed by atoms with Gasteiger partial charge in [0.2, 0.25) is 11.8 Å². The molecule has 31 heavy (non-hydrogen) atoms. The number of ether oxygens (including phenoxy) is 1. The van der Waals surface area contributed by atoms with E-state index >= 15 is 0 Å². The molecule has 154 valence electrons. The summed E-state index contributed by atoms with van der Waals surface area (Å²) in [7, 11) is 0. The van der Waals surface area contributed by atoms with Crippen LogP contribution in [-0.4, -0.2) is 19.9 Å². The second-order valence-corrected chi connectivity index (χ2v) is 7.01. The van der Waals surface area contributed by atoms with Gasteiger partial charge in [0.25, 0.3) is 0 Å². The zero-order chi connectivity index (χ0) is 21.2. The molecule has 0 saturated carbocycles. The summed E-state index contributed by atoms with van der Waals surface area (Å²) in [5, 5.41) is 3.14. The van der Waals surface area contributed by atoms with Crippen molar-refractivity contribution in [2.75, 3.05) is 5.32 Å². The van der Waals surface area contributed by atoms with Gasteiger partial charge in [0.05, 0.1) is 5.52 Å². The van der Waals surface area contributed by atoms with Crippen LogP contribution in [0.1, 0.15) is 7.12 Å². The van der Waals surface area contributed by atoms with Gasteiger partial charge in [0, 0.05) is 30.8 Å². The Hall–Kier alpha value is -4.26. The fraction of sp³-hybridized carbons (Fsp3) is 0.0417. The summed E-state index contributed by atoms with van der Waals surface area (Å²) in [5.74, 6) is 1.27. The van der Waals surface area contributed by atoms with E-state index in [0.29, 0.717) is 28.6 Å². The van der Waals surface area contributed by atoms with Crippen molar-refractivity contribution in [2.24, 2.45) is 0 Å². The number of anilines is 2. The van der Waals surface area contributed by atoms with Crippen LogP contribution in [0.5, 0.6) is 11.6 Å². The van der Waals surface area contributed by atoms with Crippen LogP contribution in [0.25, 0.3) is 22.2 Å². The van der Waals surface area contributed by atoms with Gasteiger partial charge < -0.3 is 15.0 Å². The van der Waals surface area contributed by atoms with Gasteiger partial charge in [-0.25, -0.2) is 14.4 Å². The number of hydrogen-bond donors (Lipinski definition) is 2. The van der Waals surface area contributed by atoms with Gasteiger partial charge in [-0.05, 0) is 73.2 Å². The SMILES string of the molecule is Cc1cc(-c2cccnc2Oc2ccc(Nc3nc4c(F)cccc4[nH]3)cc2)ccn1.[HH]. The summed E-state index contributed by atoms with van der Waals surface area (Å²) in [6.07, 6.45) is 3.47. The van der Waals surface area contributed by atoms with E-state index in [0.717, 1.165) is 22.5 Å². The summed E-state index contributed by atoms with van der Waals surface area (Å²) in [6, 6.07) is 20.0. The highest BCUT2D eigenvalue weighted by atomic mass is 19.1. The first kappa shape index (κ1) is 18.7. The Morgan fingerprint density at radius 1 is 0.968 bits per heavy atom. The van der Waals surface area contributed by atoms with E-state index in [1.54, 1.807) is 24.5 Å². The van der Waals surface area contributed by atoms with E-state index in [1.807, 2.05) is 55.5 Å². The van der Waals surface area contributed by atoms with Gasteiger partial charge in [-0.1, -0.05) is 6.07 Å². The number of para-hydroxylation sites is 1. The number of benzene rings is 2. The number of halogens is 1. The first-order chi connectivity index (χ1) is 15.2. The number of rotatable bonds is 5. The van der Waals surface area contributed by atoms with Crippen LogP contribution in [0.4, 0.5) is 16.0 Å². The topological polar surface area (TPSA) is 75.7 Å². The summed E-state index contributed by atoms with van der Waals surface area (Å²) in [4.78, 5) is 16.0. The molecule has 2 aromatic carbocycles. The number of nitrogens with zero attached hydrogens (tertiary/aromatic N) is 3. The molecule has 0 amide bonds. The lowest BCUT2D eigenvalue weighted by Crippen LogP contribution is -1.94. The van der Waals surface area contributed by atoms with E-state index in [2.05, 4.69) is 25.3 Å². The molecule has 5 rings (SSSR count). The largest absolute Gasteiger partial charge is 0.438 e. The van der Waals surface area contributed by atoms with Gasteiger partial charge in [0.15, 0.2) is 5.82 Å². The van der Waals surface area contributed by atoms with Gasteiger partial charge in [0.1, 0.15) is 11.3 Å². The van der Waals surface area contributed by atoms with Gasteiger partial charge in [-0.3, -0.25) is 4.98 Å². The quantitative estimate of drug-likeness (QED) is 0.356.